The summed E-state index contributed by atoms with van der Waals surface area (Å²) in [7, 11) is 1.46. The summed E-state index contributed by atoms with van der Waals surface area (Å²) in [4.78, 5) is 11.2. The van der Waals surface area contributed by atoms with Crippen LogP contribution < -0.4 is 14.8 Å². The van der Waals surface area contributed by atoms with Crippen LogP contribution in [0, 0.1) is 0 Å². The zero-order chi connectivity index (χ0) is 13.7. The van der Waals surface area contributed by atoms with Gasteiger partial charge in [0, 0.05) is 13.7 Å². The molecule has 1 aromatic rings. The van der Waals surface area contributed by atoms with E-state index in [9.17, 15) is 9.90 Å². The first-order chi connectivity index (χ1) is 9.20. The zero-order valence-corrected chi connectivity index (χ0v) is 10.7. The Kier molecular flexibility index (Phi) is 4.59. The van der Waals surface area contributed by atoms with Gasteiger partial charge in [0.05, 0.1) is 6.10 Å². The molecule has 1 aromatic carbocycles. The average molecular weight is 267 g/mol. The first-order valence-corrected chi connectivity index (χ1v) is 6.04. The van der Waals surface area contributed by atoms with Gasteiger partial charge in [-0.15, -0.1) is 0 Å². The molecule has 0 bridgehead atoms. The Bertz CT molecular complexity index is 449. The Morgan fingerprint density at radius 3 is 3.05 bits per heavy atom. The highest BCUT2D eigenvalue weighted by molar-refractivity contribution is 5.77. The number of aliphatic hydroxyl groups is 1. The highest BCUT2D eigenvalue weighted by atomic mass is 16.7. The van der Waals surface area contributed by atoms with Crippen molar-refractivity contribution in [3.63, 3.8) is 0 Å². The molecule has 0 radical (unpaired) electrons. The van der Waals surface area contributed by atoms with Crippen molar-refractivity contribution in [1.82, 2.24) is 5.32 Å². The second kappa shape index (κ2) is 6.40. The fourth-order valence-corrected chi connectivity index (χ4v) is 1.82. The topological polar surface area (TPSA) is 77.0 Å². The molecule has 2 rings (SSSR count). The summed E-state index contributed by atoms with van der Waals surface area (Å²) in [6.07, 6.45) is -0.230. The molecule has 0 spiro atoms. The second-order valence-electron chi connectivity index (χ2n) is 4.20. The summed E-state index contributed by atoms with van der Waals surface area (Å²) in [5.41, 5.74) is 0.741. The van der Waals surface area contributed by atoms with Gasteiger partial charge in [0.1, 0.15) is 6.61 Å². The second-order valence-corrected chi connectivity index (χ2v) is 4.20. The smallest absolute Gasteiger partial charge is 0.245 e. The number of hydrogen-bond acceptors (Lipinski definition) is 5. The van der Waals surface area contributed by atoms with Gasteiger partial charge in [0.25, 0.3) is 0 Å². The summed E-state index contributed by atoms with van der Waals surface area (Å²) in [6, 6.07) is 5.31. The molecule has 104 valence electrons. The Hall–Kier alpha value is -1.79. The number of amides is 1. The average Bonchev–Trinajstić information content (AvgIpc) is 2.86. The monoisotopic (exact) mass is 267 g/mol. The van der Waals surface area contributed by atoms with Crippen molar-refractivity contribution < 1.29 is 24.1 Å². The SMILES string of the molecule is COCC(=O)NCCC(O)c1ccc2c(c1)OCO2. The van der Waals surface area contributed by atoms with E-state index >= 15 is 0 Å². The Morgan fingerprint density at radius 1 is 1.47 bits per heavy atom. The van der Waals surface area contributed by atoms with Crippen LogP contribution in [-0.4, -0.2) is 38.1 Å². The van der Waals surface area contributed by atoms with E-state index < -0.39 is 6.10 Å². The van der Waals surface area contributed by atoms with Crippen LogP contribution in [0.3, 0.4) is 0 Å². The van der Waals surface area contributed by atoms with Crippen LogP contribution in [0.15, 0.2) is 18.2 Å². The van der Waals surface area contributed by atoms with Crippen molar-refractivity contribution in [2.45, 2.75) is 12.5 Å². The first kappa shape index (κ1) is 13.6. The molecular weight excluding hydrogens is 250 g/mol. The van der Waals surface area contributed by atoms with Gasteiger partial charge in [-0.1, -0.05) is 6.07 Å². The quantitative estimate of drug-likeness (QED) is 0.789. The van der Waals surface area contributed by atoms with Gasteiger partial charge >= 0.3 is 0 Å². The Balaban J connectivity index is 1.83. The Morgan fingerprint density at radius 2 is 2.26 bits per heavy atom. The van der Waals surface area contributed by atoms with E-state index in [0.29, 0.717) is 24.5 Å². The summed E-state index contributed by atoms with van der Waals surface area (Å²) < 4.78 is 15.1. The van der Waals surface area contributed by atoms with E-state index in [-0.39, 0.29) is 19.3 Å². The maximum atomic E-state index is 11.2. The summed E-state index contributed by atoms with van der Waals surface area (Å²) in [5, 5.41) is 12.7. The normalized spacial score (nSPS) is 14.2. The van der Waals surface area contributed by atoms with Crippen LogP contribution in [0.1, 0.15) is 18.1 Å². The minimum atomic E-state index is -0.655. The number of rotatable bonds is 6. The molecular formula is C13H17NO5. The Labute approximate surface area is 111 Å². The zero-order valence-electron chi connectivity index (χ0n) is 10.7. The van der Waals surface area contributed by atoms with Gasteiger partial charge in [-0.2, -0.15) is 0 Å². The number of fused-ring (bicyclic) bond motifs is 1. The van der Waals surface area contributed by atoms with Gasteiger partial charge in [-0.05, 0) is 24.1 Å². The lowest BCUT2D eigenvalue weighted by Crippen LogP contribution is -2.28. The van der Waals surface area contributed by atoms with Crippen molar-refractivity contribution >= 4 is 5.91 Å². The number of methoxy groups -OCH3 is 1. The molecule has 1 aliphatic heterocycles. The molecule has 6 nitrogen and oxygen atoms in total. The van der Waals surface area contributed by atoms with Crippen LogP contribution in [0.25, 0.3) is 0 Å². The van der Waals surface area contributed by atoms with Crippen LogP contribution in [0.2, 0.25) is 0 Å². The van der Waals surface area contributed by atoms with Crippen molar-refractivity contribution in [2.75, 3.05) is 27.1 Å². The van der Waals surface area contributed by atoms with Gasteiger partial charge in [0.2, 0.25) is 12.7 Å². The van der Waals surface area contributed by atoms with Gasteiger partial charge in [-0.3, -0.25) is 4.79 Å². The molecule has 2 N–H and O–H groups in total. The maximum Gasteiger partial charge on any atom is 0.245 e. The predicted octanol–water partition coefficient (Wildman–Crippen LogP) is 0.601. The molecule has 0 saturated heterocycles. The van der Waals surface area contributed by atoms with Crippen molar-refractivity contribution in [3.05, 3.63) is 23.8 Å². The molecule has 0 saturated carbocycles. The van der Waals surface area contributed by atoms with Gasteiger partial charge in [-0.25, -0.2) is 0 Å². The van der Waals surface area contributed by atoms with Gasteiger partial charge in [0.15, 0.2) is 11.5 Å². The van der Waals surface area contributed by atoms with Crippen LogP contribution in [0.5, 0.6) is 11.5 Å². The van der Waals surface area contributed by atoms with E-state index in [1.807, 2.05) is 0 Å². The van der Waals surface area contributed by atoms with Crippen LogP contribution >= 0.6 is 0 Å². The molecule has 6 heteroatoms. The number of benzene rings is 1. The third-order valence-electron chi connectivity index (χ3n) is 2.80. The van der Waals surface area contributed by atoms with E-state index in [2.05, 4.69) is 5.32 Å². The number of nitrogens with one attached hydrogen (secondary N) is 1. The van der Waals surface area contributed by atoms with E-state index in [4.69, 9.17) is 14.2 Å². The van der Waals surface area contributed by atoms with Crippen molar-refractivity contribution in [2.24, 2.45) is 0 Å². The lowest BCUT2D eigenvalue weighted by Gasteiger charge is -2.12. The number of hydrogen-bond donors (Lipinski definition) is 2. The number of ether oxygens (including phenoxy) is 3. The highest BCUT2D eigenvalue weighted by Crippen LogP contribution is 2.34. The predicted molar refractivity (Wildman–Crippen MR) is 67.0 cm³/mol. The molecule has 0 fully saturated rings. The molecule has 0 aliphatic carbocycles. The van der Waals surface area contributed by atoms with E-state index in [0.717, 1.165) is 5.56 Å². The maximum absolute atomic E-state index is 11.2. The summed E-state index contributed by atoms with van der Waals surface area (Å²) in [5.74, 6) is 1.13. The highest BCUT2D eigenvalue weighted by Gasteiger charge is 2.16. The third kappa shape index (κ3) is 3.59. The minimum Gasteiger partial charge on any atom is -0.454 e. The number of carbonyl (C=O) groups excluding carboxylic acids is 1. The molecule has 1 heterocycles. The molecule has 1 atom stereocenters. The lowest BCUT2D eigenvalue weighted by atomic mass is 10.1. The molecule has 1 unspecified atom stereocenters. The largest absolute Gasteiger partial charge is 0.454 e. The standard InChI is InChI=1S/C13H17NO5/c1-17-7-13(16)14-5-4-10(15)9-2-3-11-12(6-9)19-8-18-11/h2-3,6,10,15H,4-5,7-8H2,1H3,(H,14,16). The van der Waals surface area contributed by atoms with Crippen molar-refractivity contribution in [1.29, 1.82) is 0 Å². The van der Waals surface area contributed by atoms with E-state index in [1.54, 1.807) is 18.2 Å². The molecule has 0 aromatic heterocycles. The summed E-state index contributed by atoms with van der Waals surface area (Å²) in [6.45, 7) is 0.625. The molecule has 1 aliphatic rings. The fourth-order valence-electron chi connectivity index (χ4n) is 1.82. The first-order valence-electron chi connectivity index (χ1n) is 6.04. The fraction of sp³-hybridized carbons (Fsp3) is 0.462. The summed E-state index contributed by atoms with van der Waals surface area (Å²) >= 11 is 0. The minimum absolute atomic E-state index is 0.0279. The number of carbonyl (C=O) groups is 1. The van der Waals surface area contributed by atoms with E-state index in [1.165, 1.54) is 7.11 Å². The third-order valence-corrected chi connectivity index (χ3v) is 2.80. The van der Waals surface area contributed by atoms with Crippen LogP contribution in [-0.2, 0) is 9.53 Å². The lowest BCUT2D eigenvalue weighted by molar-refractivity contribution is -0.124. The molecule has 19 heavy (non-hydrogen) atoms. The van der Waals surface area contributed by atoms with Crippen molar-refractivity contribution in [3.8, 4) is 11.5 Å². The van der Waals surface area contributed by atoms with Crippen LogP contribution in [0.4, 0.5) is 0 Å². The number of aliphatic hydroxyl groups excluding tert-OH is 1. The van der Waals surface area contributed by atoms with Gasteiger partial charge < -0.3 is 24.6 Å². The molecule has 1 amide bonds.